The van der Waals surface area contributed by atoms with Gasteiger partial charge in [0.15, 0.2) is 0 Å². The summed E-state index contributed by atoms with van der Waals surface area (Å²) in [6.07, 6.45) is 0. The van der Waals surface area contributed by atoms with Crippen molar-refractivity contribution in [1.29, 1.82) is 0 Å². The van der Waals surface area contributed by atoms with Crippen molar-refractivity contribution >= 4 is 27.0 Å². The van der Waals surface area contributed by atoms with Gasteiger partial charge in [-0.1, -0.05) is 15.9 Å². The van der Waals surface area contributed by atoms with Crippen molar-refractivity contribution in [3.63, 3.8) is 0 Å². The van der Waals surface area contributed by atoms with Gasteiger partial charge in [-0.3, -0.25) is 0 Å². The van der Waals surface area contributed by atoms with Crippen molar-refractivity contribution in [2.75, 3.05) is 0 Å². The van der Waals surface area contributed by atoms with Crippen LogP contribution >= 0.6 is 15.9 Å². The second-order valence-corrected chi connectivity index (χ2v) is 3.30. The number of hydrogen-bond donors (Lipinski definition) is 2. The van der Waals surface area contributed by atoms with Crippen molar-refractivity contribution in [2.45, 2.75) is 0 Å². The number of H-pyrrole nitrogens is 2. The number of aromatic nitrogens is 2. The molecule has 62 valence electrons. The highest BCUT2D eigenvalue weighted by Gasteiger charge is 2.04. The fourth-order valence-electron chi connectivity index (χ4n) is 1.07. The molecular formula is C7H4BrFN2O. The van der Waals surface area contributed by atoms with Crippen LogP contribution < -0.4 is 5.69 Å². The van der Waals surface area contributed by atoms with Crippen LogP contribution in [-0.4, -0.2) is 9.97 Å². The average Bonchev–Trinajstić information content (AvgIpc) is 2.29. The second kappa shape index (κ2) is 2.45. The van der Waals surface area contributed by atoms with E-state index in [1.54, 1.807) is 6.07 Å². The molecule has 0 saturated carbocycles. The van der Waals surface area contributed by atoms with Gasteiger partial charge in [0.25, 0.3) is 0 Å². The average molecular weight is 231 g/mol. The van der Waals surface area contributed by atoms with E-state index in [1.165, 1.54) is 6.07 Å². The summed E-state index contributed by atoms with van der Waals surface area (Å²) in [6, 6.07) is 2.93. The third kappa shape index (κ3) is 1.06. The first-order chi connectivity index (χ1) is 5.66. The lowest BCUT2D eigenvalue weighted by Gasteiger charge is -1.92. The zero-order valence-corrected chi connectivity index (χ0v) is 7.40. The van der Waals surface area contributed by atoms with Gasteiger partial charge in [0.2, 0.25) is 0 Å². The Balaban J connectivity index is 2.97. The van der Waals surface area contributed by atoms with Gasteiger partial charge >= 0.3 is 5.69 Å². The SMILES string of the molecule is O=c1[nH]c2cc(Br)cc(F)c2[nH]1. The number of fused-ring (bicyclic) bond motifs is 1. The van der Waals surface area contributed by atoms with E-state index < -0.39 is 11.5 Å². The van der Waals surface area contributed by atoms with Crippen molar-refractivity contribution in [2.24, 2.45) is 0 Å². The Labute approximate surface area is 74.7 Å². The maximum atomic E-state index is 13.0. The van der Waals surface area contributed by atoms with Crippen LogP contribution in [0.5, 0.6) is 0 Å². The van der Waals surface area contributed by atoms with Crippen LogP contribution in [-0.2, 0) is 0 Å². The Morgan fingerprint density at radius 2 is 2.08 bits per heavy atom. The number of nitrogens with one attached hydrogen (secondary N) is 2. The molecule has 2 rings (SSSR count). The second-order valence-electron chi connectivity index (χ2n) is 2.39. The van der Waals surface area contributed by atoms with Gasteiger partial charge in [0.1, 0.15) is 11.3 Å². The summed E-state index contributed by atoms with van der Waals surface area (Å²) in [7, 11) is 0. The van der Waals surface area contributed by atoms with Gasteiger partial charge in [0, 0.05) is 4.47 Å². The predicted molar refractivity (Wildman–Crippen MR) is 46.6 cm³/mol. The first-order valence-corrected chi connectivity index (χ1v) is 4.03. The first kappa shape index (κ1) is 7.54. The Hall–Kier alpha value is -1.10. The number of benzene rings is 1. The van der Waals surface area contributed by atoms with Crippen LogP contribution in [0.4, 0.5) is 4.39 Å². The summed E-state index contributed by atoms with van der Waals surface area (Å²) >= 11 is 3.12. The molecule has 1 aromatic carbocycles. The van der Waals surface area contributed by atoms with E-state index in [2.05, 4.69) is 25.9 Å². The summed E-state index contributed by atoms with van der Waals surface area (Å²) in [5.41, 5.74) is 0.275. The van der Waals surface area contributed by atoms with Gasteiger partial charge in [-0.2, -0.15) is 0 Å². The van der Waals surface area contributed by atoms with Crippen molar-refractivity contribution in [3.8, 4) is 0 Å². The number of aromatic amines is 2. The molecule has 0 aliphatic carbocycles. The van der Waals surface area contributed by atoms with Crippen LogP contribution in [0, 0.1) is 5.82 Å². The highest BCUT2D eigenvalue weighted by atomic mass is 79.9. The smallest absolute Gasteiger partial charge is 0.306 e. The fourth-order valence-corrected chi connectivity index (χ4v) is 1.50. The molecule has 1 aromatic heterocycles. The molecular weight excluding hydrogens is 227 g/mol. The molecule has 0 aliphatic rings. The molecule has 0 saturated heterocycles. The third-order valence-electron chi connectivity index (χ3n) is 1.54. The van der Waals surface area contributed by atoms with Crippen LogP contribution in [0.15, 0.2) is 21.4 Å². The minimum absolute atomic E-state index is 0.211. The summed E-state index contributed by atoms with van der Waals surface area (Å²) in [4.78, 5) is 15.6. The van der Waals surface area contributed by atoms with Gasteiger partial charge in [-0.25, -0.2) is 9.18 Å². The molecule has 0 spiro atoms. The Bertz CT molecular complexity index is 488. The van der Waals surface area contributed by atoms with Crippen LogP contribution in [0.2, 0.25) is 0 Å². The summed E-state index contributed by atoms with van der Waals surface area (Å²) in [5, 5.41) is 0. The minimum Gasteiger partial charge on any atom is -0.306 e. The number of rotatable bonds is 0. The Morgan fingerprint density at radius 1 is 1.33 bits per heavy atom. The van der Waals surface area contributed by atoms with Crippen molar-refractivity contribution in [1.82, 2.24) is 9.97 Å². The predicted octanol–water partition coefficient (Wildman–Crippen LogP) is 1.76. The lowest BCUT2D eigenvalue weighted by Crippen LogP contribution is -1.99. The largest absolute Gasteiger partial charge is 0.323 e. The summed E-state index contributed by atoms with van der Waals surface area (Å²) in [6.45, 7) is 0. The molecule has 0 radical (unpaired) electrons. The van der Waals surface area contributed by atoms with E-state index in [1.807, 2.05) is 0 Å². The molecule has 0 bridgehead atoms. The monoisotopic (exact) mass is 230 g/mol. The molecule has 1 heterocycles. The van der Waals surface area contributed by atoms with Crippen LogP contribution in [0.3, 0.4) is 0 Å². The minimum atomic E-state index is -0.447. The van der Waals surface area contributed by atoms with Crippen LogP contribution in [0.25, 0.3) is 11.0 Å². The van der Waals surface area contributed by atoms with Crippen molar-refractivity contribution in [3.05, 3.63) is 32.9 Å². The summed E-state index contributed by atoms with van der Waals surface area (Å²) < 4.78 is 13.6. The van der Waals surface area contributed by atoms with Gasteiger partial charge < -0.3 is 9.97 Å². The maximum Gasteiger partial charge on any atom is 0.323 e. The molecule has 0 fully saturated rings. The zero-order valence-electron chi connectivity index (χ0n) is 5.82. The quantitative estimate of drug-likeness (QED) is 0.712. The highest BCUT2D eigenvalue weighted by molar-refractivity contribution is 9.10. The first-order valence-electron chi connectivity index (χ1n) is 3.24. The van der Waals surface area contributed by atoms with Crippen molar-refractivity contribution < 1.29 is 4.39 Å². The molecule has 3 nitrogen and oxygen atoms in total. The van der Waals surface area contributed by atoms with Crippen LogP contribution in [0.1, 0.15) is 0 Å². The lowest BCUT2D eigenvalue weighted by atomic mass is 10.3. The van der Waals surface area contributed by atoms with E-state index in [-0.39, 0.29) is 5.52 Å². The maximum absolute atomic E-state index is 13.0. The standard InChI is InChI=1S/C7H4BrFN2O/c8-3-1-4(9)6-5(2-3)10-7(12)11-6/h1-2H,(H2,10,11,12). The molecule has 0 amide bonds. The molecule has 5 heteroatoms. The molecule has 0 unspecified atom stereocenters. The van der Waals surface area contributed by atoms with E-state index in [4.69, 9.17) is 0 Å². The van der Waals surface area contributed by atoms with E-state index in [9.17, 15) is 9.18 Å². The number of imidazole rings is 1. The van der Waals surface area contributed by atoms with E-state index >= 15 is 0 Å². The van der Waals surface area contributed by atoms with Gasteiger partial charge in [0.05, 0.1) is 5.52 Å². The Kier molecular flexibility index (Phi) is 1.54. The summed E-state index contributed by atoms with van der Waals surface area (Å²) in [5.74, 6) is -0.447. The molecule has 2 N–H and O–H groups in total. The van der Waals surface area contributed by atoms with Gasteiger partial charge in [-0.15, -0.1) is 0 Å². The zero-order chi connectivity index (χ0) is 8.72. The molecule has 12 heavy (non-hydrogen) atoms. The topological polar surface area (TPSA) is 48.6 Å². The fraction of sp³-hybridized carbons (Fsp3) is 0. The molecule has 0 aliphatic heterocycles. The normalized spacial score (nSPS) is 10.8. The van der Waals surface area contributed by atoms with E-state index in [0.29, 0.717) is 9.99 Å². The lowest BCUT2D eigenvalue weighted by molar-refractivity contribution is 0.636. The van der Waals surface area contributed by atoms with E-state index in [0.717, 1.165) is 0 Å². The number of hydrogen-bond acceptors (Lipinski definition) is 1. The molecule has 2 aromatic rings. The number of halogens is 2. The highest BCUT2D eigenvalue weighted by Crippen LogP contribution is 2.18. The molecule has 0 atom stereocenters. The van der Waals surface area contributed by atoms with Gasteiger partial charge in [-0.05, 0) is 12.1 Å². The Morgan fingerprint density at radius 3 is 2.83 bits per heavy atom. The third-order valence-corrected chi connectivity index (χ3v) is 2.00.